The zero-order chi connectivity index (χ0) is 19.9. The quantitative estimate of drug-likeness (QED) is 0.584. The lowest BCUT2D eigenvalue weighted by atomic mass is 10.0. The van der Waals surface area contributed by atoms with Gasteiger partial charge in [-0.15, -0.1) is 0 Å². The molecule has 0 bridgehead atoms. The van der Waals surface area contributed by atoms with E-state index in [2.05, 4.69) is 15.7 Å². The number of amides is 1. The highest BCUT2D eigenvalue weighted by atomic mass is 19.4. The molecule has 146 valence electrons. The van der Waals surface area contributed by atoms with Gasteiger partial charge in [-0.3, -0.25) is 4.79 Å². The fourth-order valence-electron chi connectivity index (χ4n) is 3.10. The number of alkyl halides is 3. The van der Waals surface area contributed by atoms with Crippen LogP contribution in [-0.4, -0.2) is 27.0 Å². The van der Waals surface area contributed by atoms with E-state index in [1.54, 1.807) is 12.1 Å². The third-order valence-corrected chi connectivity index (χ3v) is 4.43. The number of fused-ring (bicyclic) bond motifs is 1. The summed E-state index contributed by atoms with van der Waals surface area (Å²) in [6.45, 7) is 0. The highest BCUT2D eigenvalue weighted by molar-refractivity contribution is 6.03. The van der Waals surface area contributed by atoms with Gasteiger partial charge < -0.3 is 20.2 Å². The summed E-state index contributed by atoms with van der Waals surface area (Å²) in [4.78, 5) is 12.4. The molecule has 3 aromatic rings. The Balaban J connectivity index is 1.63. The van der Waals surface area contributed by atoms with Crippen LogP contribution >= 0.6 is 0 Å². The van der Waals surface area contributed by atoms with Crippen LogP contribution < -0.4 is 10.6 Å². The largest absolute Gasteiger partial charge is 0.508 e. The Hall–Kier alpha value is -3.43. The van der Waals surface area contributed by atoms with Gasteiger partial charge in [-0.05, 0) is 36.4 Å². The number of nitrogens with one attached hydrogen (secondary N) is 2. The van der Waals surface area contributed by atoms with Gasteiger partial charge in [0, 0.05) is 18.2 Å². The Bertz CT molecular complexity index is 981. The second kappa shape index (κ2) is 6.63. The van der Waals surface area contributed by atoms with E-state index in [1.165, 1.54) is 36.6 Å². The monoisotopic (exact) mass is 392 g/mol. The number of nitrogens with zero attached hydrogens (tertiary/aromatic N) is 2. The number of halogens is 3. The minimum atomic E-state index is -4.54. The number of rotatable bonds is 3. The molecule has 3 heterocycles. The minimum Gasteiger partial charge on any atom is -0.508 e. The van der Waals surface area contributed by atoms with E-state index in [9.17, 15) is 23.1 Å². The van der Waals surface area contributed by atoms with Crippen molar-refractivity contribution in [1.82, 2.24) is 9.78 Å². The number of phenolic OH excluding ortho intramolecular Hbond substituents is 1. The Morgan fingerprint density at radius 3 is 2.68 bits per heavy atom. The smallest absolute Gasteiger partial charge is 0.410 e. The molecule has 0 aliphatic carbocycles. The van der Waals surface area contributed by atoms with Crippen molar-refractivity contribution in [2.24, 2.45) is 0 Å². The second-order valence-corrected chi connectivity index (χ2v) is 6.37. The second-order valence-electron chi connectivity index (χ2n) is 6.37. The topological polar surface area (TPSA) is 92.3 Å². The number of aromatic nitrogens is 2. The average molecular weight is 392 g/mol. The van der Waals surface area contributed by atoms with Gasteiger partial charge in [0.1, 0.15) is 17.3 Å². The third kappa shape index (κ3) is 3.40. The number of hydrogen-bond donors (Lipinski definition) is 3. The van der Waals surface area contributed by atoms with Crippen molar-refractivity contribution in [3.05, 3.63) is 60.2 Å². The lowest BCUT2D eigenvalue weighted by Crippen LogP contribution is -2.35. The van der Waals surface area contributed by atoms with Crippen molar-refractivity contribution < 1.29 is 27.5 Å². The molecule has 1 aliphatic heterocycles. The van der Waals surface area contributed by atoms with Gasteiger partial charge >= 0.3 is 6.18 Å². The summed E-state index contributed by atoms with van der Waals surface area (Å²) in [5.41, 5.74) is 0.215. The number of carbonyl (C=O) groups excluding carboxylic acids is 1. The van der Waals surface area contributed by atoms with Crippen LogP contribution in [0.2, 0.25) is 0 Å². The lowest BCUT2D eigenvalue weighted by molar-refractivity contribution is -0.174. The summed E-state index contributed by atoms with van der Waals surface area (Å²) in [6, 6.07) is 7.56. The van der Waals surface area contributed by atoms with Gasteiger partial charge in [-0.2, -0.15) is 18.3 Å². The Labute approximate surface area is 156 Å². The molecule has 7 nitrogen and oxygen atoms in total. The van der Waals surface area contributed by atoms with Crippen molar-refractivity contribution in [2.45, 2.75) is 24.7 Å². The molecule has 2 aromatic heterocycles. The number of hydrogen-bond acceptors (Lipinski definition) is 5. The average Bonchev–Trinajstić information content (AvgIpc) is 3.31. The molecule has 0 spiro atoms. The predicted molar refractivity (Wildman–Crippen MR) is 93.1 cm³/mol. The molecule has 0 unspecified atom stereocenters. The van der Waals surface area contributed by atoms with Gasteiger partial charge in [-0.25, -0.2) is 4.68 Å². The number of anilines is 2. The Kier molecular flexibility index (Phi) is 4.25. The van der Waals surface area contributed by atoms with Crippen LogP contribution in [0.15, 0.2) is 53.1 Å². The van der Waals surface area contributed by atoms with E-state index in [0.29, 0.717) is 11.4 Å². The number of benzene rings is 1. The minimum absolute atomic E-state index is 0.0247. The number of phenols is 1. The molecule has 0 radical (unpaired) electrons. The summed E-state index contributed by atoms with van der Waals surface area (Å²) in [5, 5.41) is 18.6. The molecule has 0 saturated heterocycles. The highest BCUT2D eigenvalue weighted by Gasteiger charge is 2.47. The summed E-state index contributed by atoms with van der Waals surface area (Å²) in [5.74, 6) is -0.191. The van der Waals surface area contributed by atoms with E-state index in [0.717, 1.165) is 4.68 Å². The first kappa shape index (κ1) is 18.0. The van der Waals surface area contributed by atoms with Gasteiger partial charge in [0.2, 0.25) is 0 Å². The third-order valence-electron chi connectivity index (χ3n) is 4.43. The van der Waals surface area contributed by atoms with Crippen molar-refractivity contribution in [3.8, 4) is 5.75 Å². The first-order valence-electron chi connectivity index (χ1n) is 8.38. The number of aromatic hydroxyl groups is 1. The van der Waals surface area contributed by atoms with E-state index in [-0.39, 0.29) is 23.7 Å². The summed E-state index contributed by atoms with van der Waals surface area (Å²) in [6.07, 6.45) is -3.47. The van der Waals surface area contributed by atoms with E-state index in [4.69, 9.17) is 4.42 Å². The SMILES string of the molecule is O=C(Nc1ccc(O)cc1)c1cc2n(n1)[C@@H](C(F)(F)F)C[C@@H](c1ccco1)N2. The zero-order valence-electron chi connectivity index (χ0n) is 14.3. The molecular formula is C18H15F3N4O3. The van der Waals surface area contributed by atoms with E-state index < -0.39 is 24.2 Å². The van der Waals surface area contributed by atoms with Gasteiger partial charge in [-0.1, -0.05) is 0 Å². The number of carbonyl (C=O) groups is 1. The zero-order valence-corrected chi connectivity index (χ0v) is 14.3. The predicted octanol–water partition coefficient (Wildman–Crippen LogP) is 4.09. The fourth-order valence-corrected chi connectivity index (χ4v) is 3.10. The molecule has 28 heavy (non-hydrogen) atoms. The maximum absolute atomic E-state index is 13.6. The van der Waals surface area contributed by atoms with Gasteiger partial charge in [0.15, 0.2) is 11.7 Å². The Morgan fingerprint density at radius 1 is 1.29 bits per heavy atom. The van der Waals surface area contributed by atoms with Crippen LogP contribution in [0.3, 0.4) is 0 Å². The standard InChI is InChI=1S/C18H15F3N4O3/c19-18(20,21)15-8-12(14-2-1-7-28-14)23-16-9-13(24-25(15)16)17(27)22-10-3-5-11(26)6-4-10/h1-7,9,12,15,23,26H,8H2,(H,22,27)/t12-,15+/m0/s1. The summed E-state index contributed by atoms with van der Waals surface area (Å²) >= 11 is 0. The van der Waals surface area contributed by atoms with E-state index in [1.807, 2.05) is 0 Å². The molecule has 10 heteroatoms. The summed E-state index contributed by atoms with van der Waals surface area (Å²) < 4.78 is 46.8. The molecule has 1 amide bonds. The van der Waals surface area contributed by atoms with Crippen LogP contribution in [0.25, 0.3) is 0 Å². The van der Waals surface area contributed by atoms with Crippen LogP contribution in [0.5, 0.6) is 5.75 Å². The molecule has 3 N–H and O–H groups in total. The van der Waals surface area contributed by atoms with Crippen LogP contribution in [0.1, 0.15) is 34.8 Å². The molecular weight excluding hydrogens is 377 g/mol. The summed E-state index contributed by atoms with van der Waals surface area (Å²) in [7, 11) is 0. The van der Waals surface area contributed by atoms with E-state index >= 15 is 0 Å². The van der Waals surface area contributed by atoms with Crippen LogP contribution in [-0.2, 0) is 0 Å². The fraction of sp³-hybridized carbons (Fsp3) is 0.222. The molecule has 0 fully saturated rings. The molecule has 1 aromatic carbocycles. The first-order valence-corrected chi connectivity index (χ1v) is 8.38. The van der Waals surface area contributed by atoms with Crippen molar-refractivity contribution in [1.29, 1.82) is 0 Å². The normalized spacial score (nSPS) is 19.0. The lowest BCUT2D eigenvalue weighted by Gasteiger charge is -2.32. The Morgan fingerprint density at radius 2 is 2.04 bits per heavy atom. The van der Waals surface area contributed by atoms with Gasteiger partial charge in [0.05, 0.1) is 12.3 Å². The van der Waals surface area contributed by atoms with Crippen molar-refractivity contribution in [2.75, 3.05) is 10.6 Å². The molecule has 2 atom stereocenters. The highest BCUT2D eigenvalue weighted by Crippen LogP contribution is 2.43. The maximum atomic E-state index is 13.6. The van der Waals surface area contributed by atoms with Crippen LogP contribution in [0.4, 0.5) is 24.7 Å². The van der Waals surface area contributed by atoms with Crippen molar-refractivity contribution >= 4 is 17.4 Å². The maximum Gasteiger partial charge on any atom is 0.410 e. The molecule has 1 aliphatic rings. The first-order chi connectivity index (χ1) is 13.3. The van der Waals surface area contributed by atoms with Crippen molar-refractivity contribution in [3.63, 3.8) is 0 Å². The molecule has 4 rings (SSSR count). The van der Waals surface area contributed by atoms with Crippen LogP contribution in [0, 0.1) is 0 Å². The van der Waals surface area contributed by atoms with Gasteiger partial charge in [0.25, 0.3) is 5.91 Å². The molecule has 0 saturated carbocycles. The number of furan rings is 1.